The second kappa shape index (κ2) is 13.8. The number of hydrogen-bond acceptors (Lipinski definition) is 10. The van der Waals surface area contributed by atoms with Gasteiger partial charge in [0.15, 0.2) is 0 Å². The fourth-order valence-corrected chi connectivity index (χ4v) is 8.88. The first-order valence-corrected chi connectivity index (χ1v) is 16.4. The maximum Gasteiger partial charge on any atom is 0.336 e. The molecule has 0 bridgehead atoms. The molecule has 1 aliphatic heterocycles. The topological polar surface area (TPSA) is 154 Å². The minimum atomic E-state index is -0.970. The summed E-state index contributed by atoms with van der Waals surface area (Å²) in [6.45, 7) is 7.17. The number of para-hydroxylation sites is 1. The Labute approximate surface area is 280 Å². The molecule has 0 spiro atoms. The molecular weight excluding hydrogens is 616 g/mol. The molecule has 11 nitrogen and oxygen atoms in total. The molecular formula is C37H44N2O9. The number of nitro groups is 1. The maximum atomic E-state index is 12.3. The van der Waals surface area contributed by atoms with E-state index < -0.39 is 22.8 Å². The van der Waals surface area contributed by atoms with Crippen LogP contribution in [0.5, 0.6) is 5.75 Å². The SMILES string of the molecule is CC(=O)OC1CCC2C3CCc4cc(O)ccc4C3CCC12C.COC(=O)C1=C(C)NC(C)=C(C(=O)OC)C1c1ccccc1[N+](=O)[O-]. The molecule has 2 saturated carbocycles. The molecule has 2 aromatic carbocycles. The van der Waals surface area contributed by atoms with E-state index in [1.165, 1.54) is 69.7 Å². The first-order valence-electron chi connectivity index (χ1n) is 16.4. The Morgan fingerprint density at radius 2 is 1.58 bits per heavy atom. The molecule has 2 fully saturated rings. The zero-order valence-electron chi connectivity index (χ0n) is 28.3. The number of esters is 3. The Balaban J connectivity index is 0.000000188. The summed E-state index contributed by atoms with van der Waals surface area (Å²) in [5, 5.41) is 24.1. The molecule has 3 aliphatic carbocycles. The molecule has 0 amide bonds. The third-order valence-electron chi connectivity index (χ3n) is 10.9. The van der Waals surface area contributed by atoms with Gasteiger partial charge in [-0.05, 0) is 93.4 Å². The van der Waals surface area contributed by atoms with E-state index >= 15 is 0 Å². The second-order valence-electron chi connectivity index (χ2n) is 13.5. The number of hydrogen-bond donors (Lipinski definition) is 2. The molecule has 48 heavy (non-hydrogen) atoms. The van der Waals surface area contributed by atoms with Gasteiger partial charge in [-0.3, -0.25) is 14.9 Å². The van der Waals surface area contributed by atoms with Crippen molar-refractivity contribution in [2.24, 2.45) is 17.3 Å². The monoisotopic (exact) mass is 660 g/mol. The molecule has 0 saturated heterocycles. The Morgan fingerprint density at radius 1 is 0.938 bits per heavy atom. The van der Waals surface area contributed by atoms with Crippen molar-refractivity contribution in [1.29, 1.82) is 0 Å². The normalized spacial score (nSPS) is 26.1. The van der Waals surface area contributed by atoms with Crippen LogP contribution < -0.4 is 5.32 Å². The standard InChI is InChI=1S/C20H26O3.C17H18N2O6/c1-12(21)23-19-8-7-18-17-5-3-13-11-14(22)4-6-15(13)16(17)9-10-20(18,19)2;1-9-13(16(20)24-3)15(14(10(2)18-9)17(21)25-4)11-7-5-6-8-12(11)19(22)23/h4,6,11,16-19,22H,3,5,7-10H2,1-2H3;5-8,15,18H,1-4H3. The summed E-state index contributed by atoms with van der Waals surface area (Å²) in [5.74, 6) is -0.0960. The Hall–Kier alpha value is -4.67. The van der Waals surface area contributed by atoms with Gasteiger partial charge in [-0.15, -0.1) is 0 Å². The number of nitro benzene ring substituents is 1. The number of nitrogens with one attached hydrogen (secondary N) is 1. The lowest BCUT2D eigenvalue weighted by atomic mass is 9.55. The van der Waals surface area contributed by atoms with E-state index in [-0.39, 0.29) is 39.9 Å². The Morgan fingerprint density at radius 3 is 2.19 bits per heavy atom. The highest BCUT2D eigenvalue weighted by Gasteiger charge is 2.56. The van der Waals surface area contributed by atoms with Crippen LogP contribution in [0, 0.1) is 27.4 Å². The zero-order chi connectivity index (χ0) is 34.9. The molecule has 5 atom stereocenters. The molecule has 5 unspecified atom stereocenters. The minimum absolute atomic E-state index is 0.104. The number of allylic oxidation sites excluding steroid dienone is 2. The summed E-state index contributed by atoms with van der Waals surface area (Å²) < 4.78 is 15.3. The second-order valence-corrected chi connectivity index (χ2v) is 13.5. The lowest BCUT2D eigenvalue weighted by Gasteiger charge is -2.50. The number of phenolic OH excluding ortho intramolecular Hbond substituents is 1. The Bertz CT molecular complexity index is 1660. The van der Waals surface area contributed by atoms with E-state index in [2.05, 4.69) is 18.3 Å². The van der Waals surface area contributed by atoms with Gasteiger partial charge in [-0.25, -0.2) is 9.59 Å². The van der Waals surface area contributed by atoms with Gasteiger partial charge in [0, 0.05) is 35.4 Å². The molecule has 256 valence electrons. The summed E-state index contributed by atoms with van der Waals surface area (Å²) >= 11 is 0. The van der Waals surface area contributed by atoms with E-state index in [0.29, 0.717) is 34.9 Å². The first kappa shape index (κ1) is 34.7. The van der Waals surface area contributed by atoms with Crippen molar-refractivity contribution in [2.75, 3.05) is 14.2 Å². The number of methoxy groups -OCH3 is 2. The lowest BCUT2D eigenvalue weighted by Crippen LogP contribution is -2.45. The third kappa shape index (κ3) is 6.30. The predicted molar refractivity (Wildman–Crippen MR) is 177 cm³/mol. The number of ether oxygens (including phenoxy) is 3. The van der Waals surface area contributed by atoms with Gasteiger partial charge in [0.25, 0.3) is 5.69 Å². The average molecular weight is 661 g/mol. The van der Waals surface area contributed by atoms with Crippen molar-refractivity contribution in [3.05, 3.63) is 91.8 Å². The molecule has 6 rings (SSSR count). The summed E-state index contributed by atoms with van der Waals surface area (Å²) in [5.41, 5.74) is 4.14. The van der Waals surface area contributed by atoms with Crippen LogP contribution in [0.3, 0.4) is 0 Å². The molecule has 11 heteroatoms. The largest absolute Gasteiger partial charge is 0.508 e. The zero-order valence-corrected chi connectivity index (χ0v) is 28.3. The van der Waals surface area contributed by atoms with Crippen molar-refractivity contribution >= 4 is 23.6 Å². The highest BCUT2D eigenvalue weighted by Crippen LogP contribution is 2.61. The van der Waals surface area contributed by atoms with Crippen molar-refractivity contribution in [1.82, 2.24) is 5.32 Å². The molecule has 2 N–H and O–H groups in total. The van der Waals surface area contributed by atoms with Crippen LogP contribution in [-0.4, -0.2) is 48.3 Å². The van der Waals surface area contributed by atoms with Crippen molar-refractivity contribution in [3.8, 4) is 5.75 Å². The van der Waals surface area contributed by atoms with Gasteiger partial charge < -0.3 is 24.6 Å². The fraction of sp³-hybridized carbons (Fsp3) is 0.486. The van der Waals surface area contributed by atoms with Gasteiger partial charge in [0.1, 0.15) is 11.9 Å². The van der Waals surface area contributed by atoms with E-state index in [1.54, 1.807) is 19.9 Å². The van der Waals surface area contributed by atoms with Crippen LogP contribution in [0.2, 0.25) is 0 Å². The predicted octanol–water partition coefficient (Wildman–Crippen LogP) is 6.36. The van der Waals surface area contributed by atoms with Crippen LogP contribution in [0.1, 0.15) is 88.3 Å². The Kier molecular flexibility index (Phi) is 9.98. The minimum Gasteiger partial charge on any atom is -0.508 e. The number of dihydropyridines is 1. The van der Waals surface area contributed by atoms with Gasteiger partial charge >= 0.3 is 17.9 Å². The summed E-state index contributed by atoms with van der Waals surface area (Å²) in [7, 11) is 2.42. The van der Waals surface area contributed by atoms with Crippen LogP contribution in [-0.2, 0) is 35.0 Å². The summed E-state index contributed by atoms with van der Waals surface area (Å²) in [6, 6.07) is 11.9. The van der Waals surface area contributed by atoms with Gasteiger partial charge in [-0.2, -0.15) is 0 Å². The number of carbonyl (C=O) groups is 3. The summed E-state index contributed by atoms with van der Waals surface area (Å²) in [4.78, 5) is 47.0. The smallest absolute Gasteiger partial charge is 0.336 e. The van der Waals surface area contributed by atoms with Crippen molar-refractivity contribution in [3.63, 3.8) is 0 Å². The van der Waals surface area contributed by atoms with E-state index in [4.69, 9.17) is 14.2 Å². The number of carbonyl (C=O) groups excluding carboxylic acids is 3. The van der Waals surface area contributed by atoms with Crippen molar-refractivity contribution in [2.45, 2.75) is 84.2 Å². The van der Waals surface area contributed by atoms with Crippen LogP contribution in [0.15, 0.2) is 65.0 Å². The number of benzene rings is 2. The molecule has 2 aromatic rings. The van der Waals surface area contributed by atoms with Crippen molar-refractivity contribution < 1.29 is 38.6 Å². The first-order chi connectivity index (χ1) is 22.8. The highest BCUT2D eigenvalue weighted by molar-refractivity contribution is 6.00. The van der Waals surface area contributed by atoms with Crippen LogP contribution in [0.25, 0.3) is 0 Å². The van der Waals surface area contributed by atoms with Gasteiger partial charge in [0.05, 0.1) is 36.2 Å². The highest BCUT2D eigenvalue weighted by atomic mass is 16.6. The van der Waals surface area contributed by atoms with Crippen LogP contribution >= 0.6 is 0 Å². The third-order valence-corrected chi connectivity index (χ3v) is 10.9. The number of nitrogens with zero attached hydrogens (tertiary/aromatic N) is 1. The molecule has 1 heterocycles. The van der Waals surface area contributed by atoms with Gasteiger partial charge in [0.2, 0.25) is 0 Å². The van der Waals surface area contributed by atoms with Gasteiger partial charge in [-0.1, -0.05) is 31.2 Å². The number of aromatic hydroxyl groups is 1. The fourth-order valence-electron chi connectivity index (χ4n) is 8.88. The lowest BCUT2D eigenvalue weighted by molar-refractivity contribution is -0.385. The molecule has 0 aromatic heterocycles. The number of phenols is 1. The van der Waals surface area contributed by atoms with E-state index in [0.717, 1.165) is 19.3 Å². The van der Waals surface area contributed by atoms with E-state index in [1.807, 2.05) is 12.1 Å². The van der Waals surface area contributed by atoms with Crippen LogP contribution in [0.4, 0.5) is 5.69 Å². The number of fused-ring (bicyclic) bond motifs is 5. The average Bonchev–Trinajstić information content (AvgIpc) is 3.38. The molecule has 0 radical (unpaired) electrons. The quantitative estimate of drug-likeness (QED) is 0.160. The van der Waals surface area contributed by atoms with E-state index in [9.17, 15) is 29.6 Å². The number of rotatable bonds is 5. The summed E-state index contributed by atoms with van der Waals surface area (Å²) in [6.07, 6.45) is 6.89. The maximum absolute atomic E-state index is 12.3. The molecule has 4 aliphatic rings. The number of aryl methyl sites for hydroxylation is 1.